The molecule has 1 fully saturated rings. The highest BCUT2D eigenvalue weighted by atomic mass is 28.1. The zero-order chi connectivity index (χ0) is 8.39. The maximum Gasteiger partial charge on any atom is 0.0340 e. The van der Waals surface area contributed by atoms with E-state index in [1.54, 1.807) is 10.8 Å². The third-order valence-corrected chi connectivity index (χ3v) is 4.24. The monoisotopic (exact) mass is 178 g/mol. The third kappa shape index (κ3) is 1.56. The van der Waals surface area contributed by atoms with Crippen LogP contribution in [0.1, 0.15) is 38.5 Å². The second-order valence-corrected chi connectivity index (χ2v) is 5.38. The Morgan fingerprint density at radius 1 is 1.17 bits per heavy atom. The van der Waals surface area contributed by atoms with Crippen LogP contribution in [-0.2, 0) is 0 Å². The van der Waals surface area contributed by atoms with Gasteiger partial charge in [-0.2, -0.15) is 0 Å². The van der Waals surface area contributed by atoms with E-state index >= 15 is 0 Å². The maximum absolute atomic E-state index is 2.40. The van der Waals surface area contributed by atoms with Gasteiger partial charge in [-0.25, -0.2) is 0 Å². The summed E-state index contributed by atoms with van der Waals surface area (Å²) in [5.41, 5.74) is 1.74. The average molecular weight is 178 g/mol. The second kappa shape index (κ2) is 3.61. The highest BCUT2D eigenvalue weighted by molar-refractivity contribution is 6.22. The summed E-state index contributed by atoms with van der Waals surface area (Å²) in [6.45, 7) is 0. The molecule has 0 aromatic heterocycles. The van der Waals surface area contributed by atoms with Gasteiger partial charge in [-0.3, -0.25) is 0 Å². The minimum atomic E-state index is 0.949. The Bertz CT molecular complexity index is 219. The van der Waals surface area contributed by atoms with Gasteiger partial charge in [0.1, 0.15) is 0 Å². The van der Waals surface area contributed by atoms with Crippen LogP contribution in [-0.4, -0.2) is 10.2 Å². The van der Waals surface area contributed by atoms with Gasteiger partial charge in [0.25, 0.3) is 0 Å². The Morgan fingerprint density at radius 2 is 1.92 bits per heavy atom. The molecule has 1 saturated carbocycles. The quantitative estimate of drug-likeness (QED) is 0.540. The van der Waals surface area contributed by atoms with Gasteiger partial charge >= 0.3 is 0 Å². The molecular formula is C11H18Si. The van der Waals surface area contributed by atoms with Crippen molar-refractivity contribution >= 4 is 10.2 Å². The van der Waals surface area contributed by atoms with Crippen molar-refractivity contribution in [3.05, 3.63) is 22.9 Å². The molecule has 0 spiro atoms. The van der Waals surface area contributed by atoms with E-state index in [1.807, 2.05) is 0 Å². The zero-order valence-corrected chi connectivity index (χ0v) is 9.97. The fraction of sp³-hybridized carbons (Fsp3) is 0.636. The van der Waals surface area contributed by atoms with Crippen LogP contribution >= 0.6 is 0 Å². The zero-order valence-electron chi connectivity index (χ0n) is 7.97. The lowest BCUT2D eigenvalue weighted by Crippen LogP contribution is -2.08. The van der Waals surface area contributed by atoms with Crippen molar-refractivity contribution in [1.29, 1.82) is 0 Å². The van der Waals surface area contributed by atoms with Gasteiger partial charge in [-0.15, -0.1) is 0 Å². The molecule has 0 unspecified atom stereocenters. The second-order valence-electron chi connectivity index (χ2n) is 4.18. The van der Waals surface area contributed by atoms with Crippen LogP contribution in [0.3, 0.4) is 0 Å². The average Bonchev–Trinajstić information content (AvgIpc) is 2.53. The van der Waals surface area contributed by atoms with Crippen LogP contribution in [0.2, 0.25) is 0 Å². The van der Waals surface area contributed by atoms with Gasteiger partial charge in [0.05, 0.1) is 0 Å². The molecule has 0 aromatic carbocycles. The summed E-state index contributed by atoms with van der Waals surface area (Å²) in [5, 5.41) is 1.77. The summed E-state index contributed by atoms with van der Waals surface area (Å²) in [6.07, 6.45) is 13.4. The molecule has 0 atom stereocenters. The van der Waals surface area contributed by atoms with Gasteiger partial charge in [0, 0.05) is 10.2 Å². The molecule has 0 saturated heterocycles. The van der Waals surface area contributed by atoms with Crippen LogP contribution in [0.5, 0.6) is 0 Å². The highest BCUT2D eigenvalue weighted by Crippen LogP contribution is 2.34. The van der Waals surface area contributed by atoms with Gasteiger partial charge in [-0.05, 0) is 25.2 Å². The number of rotatable bonds is 1. The molecule has 1 heteroatoms. The van der Waals surface area contributed by atoms with Gasteiger partial charge in [0.15, 0.2) is 0 Å². The van der Waals surface area contributed by atoms with Crippen molar-refractivity contribution in [3.8, 4) is 0 Å². The number of hydrogen-bond acceptors (Lipinski definition) is 0. The summed E-state index contributed by atoms with van der Waals surface area (Å²) >= 11 is 0. The molecule has 0 nitrogen and oxygen atoms in total. The highest BCUT2D eigenvalue weighted by Gasteiger charge is 2.19. The molecule has 2 rings (SSSR count). The predicted molar refractivity (Wildman–Crippen MR) is 57.3 cm³/mol. The first kappa shape index (κ1) is 8.30. The van der Waals surface area contributed by atoms with Gasteiger partial charge in [0.2, 0.25) is 0 Å². The van der Waals surface area contributed by atoms with Crippen molar-refractivity contribution in [2.45, 2.75) is 38.5 Å². The molecule has 66 valence electrons. The molecule has 0 radical (unpaired) electrons. The molecule has 0 N–H and O–H groups in total. The van der Waals surface area contributed by atoms with Crippen molar-refractivity contribution in [2.75, 3.05) is 0 Å². The Labute approximate surface area is 78.2 Å². The van der Waals surface area contributed by atoms with Gasteiger partial charge < -0.3 is 0 Å². The summed E-state index contributed by atoms with van der Waals surface area (Å²) < 4.78 is 0. The van der Waals surface area contributed by atoms with Gasteiger partial charge in [-0.1, -0.05) is 42.2 Å². The summed E-state index contributed by atoms with van der Waals surface area (Å²) in [7, 11) is 1.29. The molecule has 0 heterocycles. The Kier molecular flexibility index (Phi) is 2.50. The molecule has 0 aromatic rings. The Hall–Kier alpha value is -0.303. The molecular weight excluding hydrogens is 160 g/mol. The Balaban J connectivity index is 2.07. The van der Waals surface area contributed by atoms with Crippen LogP contribution in [0.4, 0.5) is 0 Å². The van der Waals surface area contributed by atoms with E-state index in [9.17, 15) is 0 Å². The van der Waals surface area contributed by atoms with Crippen molar-refractivity contribution in [1.82, 2.24) is 0 Å². The van der Waals surface area contributed by atoms with Crippen molar-refractivity contribution in [2.24, 2.45) is 5.92 Å². The lowest BCUT2D eigenvalue weighted by molar-refractivity contribution is 0.408. The predicted octanol–water partition coefficient (Wildman–Crippen LogP) is 2.15. The topological polar surface area (TPSA) is 0 Å². The number of allylic oxidation sites excluding steroid dienone is 4. The minimum Gasteiger partial charge on any atom is -0.0847 e. The van der Waals surface area contributed by atoms with E-state index in [0.717, 1.165) is 5.92 Å². The van der Waals surface area contributed by atoms with E-state index in [0.29, 0.717) is 0 Å². The van der Waals surface area contributed by atoms with Crippen LogP contribution in [0.25, 0.3) is 0 Å². The van der Waals surface area contributed by atoms with E-state index in [4.69, 9.17) is 0 Å². The lowest BCUT2D eigenvalue weighted by Gasteiger charge is -2.23. The van der Waals surface area contributed by atoms with Crippen LogP contribution < -0.4 is 0 Å². The van der Waals surface area contributed by atoms with Crippen molar-refractivity contribution < 1.29 is 0 Å². The third-order valence-electron chi connectivity index (χ3n) is 3.26. The lowest BCUT2D eigenvalue weighted by atomic mass is 9.84. The normalized spacial score (nSPS) is 25.7. The SMILES string of the molecule is [SiH3]C1=C(C2CCCCC2)C=CC1. The van der Waals surface area contributed by atoms with E-state index < -0.39 is 0 Å². The Morgan fingerprint density at radius 3 is 2.50 bits per heavy atom. The first-order valence-electron chi connectivity index (χ1n) is 5.24. The molecule has 2 aliphatic rings. The smallest absolute Gasteiger partial charge is 0.0340 e. The molecule has 12 heavy (non-hydrogen) atoms. The summed E-state index contributed by atoms with van der Waals surface area (Å²) in [5.74, 6) is 0.949. The fourth-order valence-corrected chi connectivity index (χ4v) is 3.33. The molecule has 0 amide bonds. The largest absolute Gasteiger partial charge is 0.0847 e. The number of hydrogen-bond donors (Lipinski definition) is 0. The standard InChI is InChI=1S/C11H18Si/c12-11-8-4-7-10(11)9-5-2-1-3-6-9/h4,7,9H,1-3,5-6,8H2,12H3. The van der Waals surface area contributed by atoms with Crippen molar-refractivity contribution in [3.63, 3.8) is 0 Å². The summed E-state index contributed by atoms with van der Waals surface area (Å²) in [6, 6.07) is 0. The first-order chi connectivity index (χ1) is 5.88. The first-order valence-corrected chi connectivity index (χ1v) is 6.24. The van der Waals surface area contributed by atoms with Crippen LogP contribution in [0, 0.1) is 5.92 Å². The molecule has 2 aliphatic carbocycles. The van der Waals surface area contributed by atoms with E-state index in [-0.39, 0.29) is 0 Å². The van der Waals surface area contributed by atoms with E-state index in [2.05, 4.69) is 12.2 Å². The minimum absolute atomic E-state index is 0.949. The maximum atomic E-state index is 2.40. The van der Waals surface area contributed by atoms with Crippen LogP contribution in [0.15, 0.2) is 22.9 Å². The molecule has 0 aliphatic heterocycles. The molecule has 0 bridgehead atoms. The summed E-state index contributed by atoms with van der Waals surface area (Å²) in [4.78, 5) is 0. The fourth-order valence-electron chi connectivity index (χ4n) is 2.52. The van der Waals surface area contributed by atoms with E-state index in [1.165, 1.54) is 48.8 Å².